The molecule has 2 aromatic heterocycles. The number of nitrogen functional groups attached to an aromatic ring is 2. The molecule has 0 saturated heterocycles. The van der Waals surface area contributed by atoms with Crippen molar-refractivity contribution >= 4 is 33.5 Å². The van der Waals surface area contributed by atoms with Crippen molar-refractivity contribution in [3.05, 3.63) is 34.1 Å². The number of hydrogen-bond donors (Lipinski definition) is 4. The SMILES string of the molecule is C/C(N)=C(\C)c1c(N)sc(C(=O)NCc2cnn(C)c2)c1N. The minimum atomic E-state index is -0.258. The van der Waals surface area contributed by atoms with Crippen LogP contribution in [-0.2, 0) is 13.6 Å². The zero-order valence-electron chi connectivity index (χ0n) is 12.8. The van der Waals surface area contributed by atoms with Gasteiger partial charge in [-0.05, 0) is 19.4 Å². The average Bonchev–Trinajstić information content (AvgIpc) is 2.99. The topological polar surface area (TPSA) is 125 Å². The standard InChI is InChI=1S/C14H20N6OS/c1-7(8(2)15)10-11(16)12(22-13(10)17)14(21)18-4-9-5-19-20(3)6-9/h5-6H,4,15-17H2,1-3H3,(H,18,21)/b8-7-. The van der Waals surface area contributed by atoms with Crippen LogP contribution in [0.2, 0.25) is 0 Å². The zero-order valence-corrected chi connectivity index (χ0v) is 13.6. The monoisotopic (exact) mass is 320 g/mol. The molecule has 2 aromatic rings. The number of amides is 1. The summed E-state index contributed by atoms with van der Waals surface area (Å²) < 4.78 is 1.68. The van der Waals surface area contributed by atoms with Crippen LogP contribution >= 0.6 is 11.3 Å². The van der Waals surface area contributed by atoms with E-state index in [0.29, 0.717) is 33.4 Å². The van der Waals surface area contributed by atoms with E-state index in [-0.39, 0.29) is 5.91 Å². The van der Waals surface area contributed by atoms with E-state index in [2.05, 4.69) is 10.4 Å². The highest BCUT2D eigenvalue weighted by Crippen LogP contribution is 2.38. The van der Waals surface area contributed by atoms with Gasteiger partial charge in [0.05, 0.1) is 16.9 Å². The molecule has 1 amide bonds. The first-order valence-corrected chi connectivity index (χ1v) is 7.49. The first-order chi connectivity index (χ1) is 10.3. The molecule has 0 spiro atoms. The van der Waals surface area contributed by atoms with Gasteiger partial charge in [-0.1, -0.05) is 0 Å². The van der Waals surface area contributed by atoms with E-state index < -0.39 is 0 Å². The van der Waals surface area contributed by atoms with Gasteiger partial charge in [0.25, 0.3) is 5.91 Å². The summed E-state index contributed by atoms with van der Waals surface area (Å²) in [6, 6.07) is 0. The van der Waals surface area contributed by atoms with Gasteiger partial charge in [0.2, 0.25) is 0 Å². The normalized spacial score (nSPS) is 12.1. The second-order valence-electron chi connectivity index (χ2n) is 5.10. The Morgan fingerprint density at radius 3 is 2.64 bits per heavy atom. The fourth-order valence-electron chi connectivity index (χ4n) is 2.04. The molecule has 0 bridgehead atoms. The maximum Gasteiger partial charge on any atom is 0.263 e. The molecule has 0 aromatic carbocycles. The first kappa shape index (κ1) is 15.9. The Hall–Kier alpha value is -2.48. The van der Waals surface area contributed by atoms with Crippen LogP contribution in [0.1, 0.15) is 34.6 Å². The lowest BCUT2D eigenvalue weighted by atomic mass is 10.1. The van der Waals surface area contributed by atoms with Gasteiger partial charge in [0.1, 0.15) is 4.88 Å². The van der Waals surface area contributed by atoms with Crippen molar-refractivity contribution in [1.29, 1.82) is 0 Å². The molecule has 0 radical (unpaired) electrons. The molecule has 22 heavy (non-hydrogen) atoms. The number of thiophene rings is 1. The third-order valence-corrected chi connectivity index (χ3v) is 4.39. The maximum atomic E-state index is 12.3. The first-order valence-electron chi connectivity index (χ1n) is 6.68. The number of carbonyl (C=O) groups excluding carboxylic acids is 1. The van der Waals surface area contributed by atoms with Crippen LogP contribution in [0.5, 0.6) is 0 Å². The summed E-state index contributed by atoms with van der Waals surface area (Å²) in [6.45, 7) is 3.99. The van der Waals surface area contributed by atoms with Gasteiger partial charge in [-0.25, -0.2) is 0 Å². The highest BCUT2D eigenvalue weighted by molar-refractivity contribution is 7.18. The van der Waals surface area contributed by atoms with E-state index in [1.165, 1.54) is 11.3 Å². The third-order valence-electron chi connectivity index (χ3n) is 3.36. The summed E-state index contributed by atoms with van der Waals surface area (Å²) >= 11 is 1.17. The molecule has 2 rings (SSSR count). The van der Waals surface area contributed by atoms with E-state index in [4.69, 9.17) is 17.2 Å². The lowest BCUT2D eigenvalue weighted by molar-refractivity contribution is 0.0956. The third kappa shape index (κ3) is 3.06. The molecule has 7 N–H and O–H groups in total. The van der Waals surface area contributed by atoms with Crippen molar-refractivity contribution in [2.75, 3.05) is 11.5 Å². The van der Waals surface area contributed by atoms with Crippen molar-refractivity contribution in [2.24, 2.45) is 12.8 Å². The Kier molecular flexibility index (Phi) is 4.41. The number of carbonyl (C=O) groups is 1. The molecule has 118 valence electrons. The summed E-state index contributed by atoms with van der Waals surface area (Å²) in [4.78, 5) is 12.7. The van der Waals surface area contributed by atoms with Crippen molar-refractivity contribution in [3.63, 3.8) is 0 Å². The summed E-state index contributed by atoms with van der Waals surface area (Å²) in [5.74, 6) is -0.258. The van der Waals surface area contributed by atoms with Crippen molar-refractivity contribution in [3.8, 4) is 0 Å². The molecule has 0 saturated carbocycles. The van der Waals surface area contributed by atoms with Crippen LogP contribution in [0, 0.1) is 0 Å². The van der Waals surface area contributed by atoms with Gasteiger partial charge in [-0.15, -0.1) is 11.3 Å². The van der Waals surface area contributed by atoms with E-state index in [0.717, 1.165) is 11.1 Å². The molecule has 0 aliphatic rings. The lowest BCUT2D eigenvalue weighted by Gasteiger charge is -2.06. The predicted octanol–water partition coefficient (Wildman–Crippen LogP) is 1.29. The molecule has 0 unspecified atom stereocenters. The van der Waals surface area contributed by atoms with Crippen molar-refractivity contribution < 1.29 is 4.79 Å². The molecular weight excluding hydrogens is 300 g/mol. The minimum absolute atomic E-state index is 0.258. The number of aromatic nitrogens is 2. The molecule has 0 atom stereocenters. The quantitative estimate of drug-likeness (QED) is 0.675. The van der Waals surface area contributed by atoms with Crippen LogP contribution in [-0.4, -0.2) is 15.7 Å². The second-order valence-corrected chi connectivity index (χ2v) is 6.15. The van der Waals surface area contributed by atoms with Crippen LogP contribution in [0.25, 0.3) is 5.57 Å². The lowest BCUT2D eigenvalue weighted by Crippen LogP contribution is -2.22. The second kappa shape index (κ2) is 6.10. The van der Waals surface area contributed by atoms with Gasteiger partial charge >= 0.3 is 0 Å². The van der Waals surface area contributed by atoms with Crippen LogP contribution in [0.3, 0.4) is 0 Å². The Morgan fingerprint density at radius 1 is 1.41 bits per heavy atom. The van der Waals surface area contributed by atoms with Crippen molar-refractivity contribution in [2.45, 2.75) is 20.4 Å². The molecule has 0 fully saturated rings. The minimum Gasteiger partial charge on any atom is -0.402 e. The van der Waals surface area contributed by atoms with Crippen LogP contribution in [0.15, 0.2) is 18.1 Å². The molecule has 2 heterocycles. The highest BCUT2D eigenvalue weighted by atomic mass is 32.1. The molecular formula is C14H20N6OS. The van der Waals surface area contributed by atoms with Gasteiger partial charge in [0, 0.05) is 36.6 Å². The number of anilines is 2. The molecule has 8 heteroatoms. The van der Waals surface area contributed by atoms with Gasteiger partial charge in [-0.2, -0.15) is 5.10 Å². The number of rotatable bonds is 4. The number of nitrogens with zero attached hydrogens (tertiary/aromatic N) is 2. The smallest absolute Gasteiger partial charge is 0.263 e. The van der Waals surface area contributed by atoms with Gasteiger partial charge in [-0.3, -0.25) is 9.48 Å². The predicted molar refractivity (Wildman–Crippen MR) is 90.0 cm³/mol. The van der Waals surface area contributed by atoms with Gasteiger partial charge < -0.3 is 22.5 Å². The van der Waals surface area contributed by atoms with Crippen molar-refractivity contribution in [1.82, 2.24) is 15.1 Å². The Balaban J connectivity index is 2.20. The van der Waals surface area contributed by atoms with Crippen LogP contribution in [0.4, 0.5) is 10.7 Å². The van der Waals surface area contributed by atoms with E-state index in [9.17, 15) is 4.79 Å². The van der Waals surface area contributed by atoms with Crippen LogP contribution < -0.4 is 22.5 Å². The molecule has 0 aliphatic carbocycles. The molecule has 7 nitrogen and oxygen atoms in total. The number of aryl methyl sites for hydroxylation is 1. The average molecular weight is 320 g/mol. The fraction of sp³-hybridized carbons (Fsp3) is 0.286. The number of nitrogens with two attached hydrogens (primary N) is 3. The largest absolute Gasteiger partial charge is 0.402 e. The number of allylic oxidation sites excluding steroid dienone is 2. The summed E-state index contributed by atoms with van der Waals surface area (Å²) in [7, 11) is 1.82. The zero-order chi connectivity index (χ0) is 16.4. The Labute approximate surface area is 132 Å². The fourth-order valence-corrected chi connectivity index (χ4v) is 3.00. The van der Waals surface area contributed by atoms with E-state index in [1.807, 2.05) is 20.2 Å². The molecule has 0 aliphatic heterocycles. The van der Waals surface area contributed by atoms with Gasteiger partial charge in [0.15, 0.2) is 0 Å². The maximum absolute atomic E-state index is 12.3. The Bertz CT molecular complexity index is 739. The highest BCUT2D eigenvalue weighted by Gasteiger charge is 2.21. The summed E-state index contributed by atoms with van der Waals surface area (Å²) in [5.41, 5.74) is 21.2. The summed E-state index contributed by atoms with van der Waals surface area (Å²) in [5, 5.41) is 7.35. The number of hydrogen-bond acceptors (Lipinski definition) is 6. The number of nitrogens with one attached hydrogen (secondary N) is 1. The Morgan fingerprint density at radius 2 is 2.09 bits per heavy atom. The van der Waals surface area contributed by atoms with E-state index in [1.54, 1.807) is 17.8 Å². The summed E-state index contributed by atoms with van der Waals surface area (Å²) in [6.07, 6.45) is 3.53. The van der Waals surface area contributed by atoms with E-state index >= 15 is 0 Å².